The molecule has 1 aromatic carbocycles. The van der Waals surface area contributed by atoms with Crippen LogP contribution < -0.4 is 10.6 Å². The molecule has 0 aliphatic heterocycles. The first-order valence-corrected chi connectivity index (χ1v) is 5.92. The number of halogens is 1. The standard InChI is InChI=1S/C13H12ClN3O2/c1-8-4-5-9(7-10(8)14)16-13(19)17-12-11(18)3-2-6-15-12/h2-7,18H,1H3,(H2,15,16,17,19). The van der Waals surface area contributed by atoms with Crippen LogP contribution in [0, 0.1) is 6.92 Å². The first kappa shape index (κ1) is 13.2. The van der Waals surface area contributed by atoms with Crippen LogP contribution in [-0.4, -0.2) is 16.1 Å². The lowest BCUT2D eigenvalue weighted by molar-refractivity contribution is 0.262. The molecule has 2 amide bonds. The van der Waals surface area contributed by atoms with Gasteiger partial charge in [-0.05, 0) is 36.8 Å². The van der Waals surface area contributed by atoms with E-state index in [9.17, 15) is 9.90 Å². The topological polar surface area (TPSA) is 74.2 Å². The van der Waals surface area contributed by atoms with Gasteiger partial charge in [-0.2, -0.15) is 0 Å². The van der Waals surface area contributed by atoms with Crippen LogP contribution in [0.2, 0.25) is 5.02 Å². The Morgan fingerprint density at radius 1 is 1.32 bits per heavy atom. The summed E-state index contributed by atoms with van der Waals surface area (Å²) in [5.74, 6) is -0.00204. The van der Waals surface area contributed by atoms with E-state index in [4.69, 9.17) is 11.6 Å². The number of anilines is 2. The van der Waals surface area contributed by atoms with Gasteiger partial charge in [-0.3, -0.25) is 5.32 Å². The van der Waals surface area contributed by atoms with Gasteiger partial charge in [0.05, 0.1) is 0 Å². The molecule has 0 fully saturated rings. The zero-order chi connectivity index (χ0) is 13.8. The van der Waals surface area contributed by atoms with E-state index >= 15 is 0 Å². The molecule has 0 spiro atoms. The molecule has 5 nitrogen and oxygen atoms in total. The molecule has 0 saturated heterocycles. The maximum Gasteiger partial charge on any atom is 0.324 e. The van der Waals surface area contributed by atoms with Gasteiger partial charge in [-0.25, -0.2) is 9.78 Å². The van der Waals surface area contributed by atoms with Crippen molar-refractivity contribution in [2.24, 2.45) is 0 Å². The predicted molar refractivity (Wildman–Crippen MR) is 74.7 cm³/mol. The Balaban J connectivity index is 2.05. The number of hydrogen-bond donors (Lipinski definition) is 3. The highest BCUT2D eigenvalue weighted by Crippen LogP contribution is 2.21. The number of benzene rings is 1. The number of rotatable bonds is 2. The van der Waals surface area contributed by atoms with E-state index in [0.717, 1.165) is 5.56 Å². The molecule has 0 aliphatic carbocycles. The maximum absolute atomic E-state index is 11.7. The van der Waals surface area contributed by atoms with Crippen molar-refractivity contribution in [1.82, 2.24) is 4.98 Å². The summed E-state index contributed by atoms with van der Waals surface area (Å²) >= 11 is 5.96. The number of pyridine rings is 1. The van der Waals surface area contributed by atoms with Gasteiger partial charge in [0.1, 0.15) is 0 Å². The fourth-order valence-corrected chi connectivity index (χ4v) is 1.61. The van der Waals surface area contributed by atoms with Crippen molar-refractivity contribution in [1.29, 1.82) is 0 Å². The van der Waals surface area contributed by atoms with Crippen molar-refractivity contribution in [3.05, 3.63) is 47.1 Å². The molecule has 6 heteroatoms. The molecule has 1 heterocycles. The molecule has 0 unspecified atom stereocenters. The minimum atomic E-state index is -0.506. The first-order chi connectivity index (χ1) is 9.06. The van der Waals surface area contributed by atoms with Gasteiger partial charge in [-0.15, -0.1) is 0 Å². The van der Waals surface area contributed by atoms with E-state index in [1.54, 1.807) is 24.3 Å². The predicted octanol–water partition coefficient (Wildman–Crippen LogP) is 3.39. The fraction of sp³-hybridized carbons (Fsp3) is 0.0769. The Kier molecular flexibility index (Phi) is 3.87. The highest BCUT2D eigenvalue weighted by molar-refractivity contribution is 6.31. The highest BCUT2D eigenvalue weighted by Gasteiger charge is 2.07. The summed E-state index contributed by atoms with van der Waals surface area (Å²) in [4.78, 5) is 15.6. The van der Waals surface area contributed by atoms with Crippen LogP contribution in [0.25, 0.3) is 0 Å². The molecule has 2 rings (SSSR count). The number of aryl methyl sites for hydroxylation is 1. The van der Waals surface area contributed by atoms with Crippen LogP contribution >= 0.6 is 11.6 Å². The quantitative estimate of drug-likeness (QED) is 0.788. The number of nitrogens with one attached hydrogen (secondary N) is 2. The molecule has 1 aromatic heterocycles. The maximum atomic E-state index is 11.7. The van der Waals surface area contributed by atoms with Crippen LogP contribution in [0.3, 0.4) is 0 Å². The van der Waals surface area contributed by atoms with Gasteiger partial charge in [0, 0.05) is 16.9 Å². The Morgan fingerprint density at radius 2 is 2.11 bits per heavy atom. The smallest absolute Gasteiger partial charge is 0.324 e. The number of amides is 2. The lowest BCUT2D eigenvalue weighted by Gasteiger charge is -2.08. The molecule has 0 bridgehead atoms. The largest absolute Gasteiger partial charge is 0.504 e. The SMILES string of the molecule is Cc1ccc(NC(=O)Nc2ncccc2O)cc1Cl. The molecule has 0 saturated carbocycles. The van der Waals surface area contributed by atoms with Crippen molar-refractivity contribution in [3.8, 4) is 5.75 Å². The zero-order valence-corrected chi connectivity index (χ0v) is 10.9. The highest BCUT2D eigenvalue weighted by atomic mass is 35.5. The minimum Gasteiger partial charge on any atom is -0.504 e. The molecular weight excluding hydrogens is 266 g/mol. The summed E-state index contributed by atoms with van der Waals surface area (Å²) in [6.07, 6.45) is 1.47. The van der Waals surface area contributed by atoms with E-state index in [1.165, 1.54) is 12.3 Å². The summed E-state index contributed by atoms with van der Waals surface area (Å²) in [5.41, 5.74) is 1.48. The molecule has 3 N–H and O–H groups in total. The normalized spacial score (nSPS) is 10.0. The summed E-state index contributed by atoms with van der Waals surface area (Å²) in [6.45, 7) is 1.87. The molecule has 19 heavy (non-hydrogen) atoms. The van der Waals surface area contributed by atoms with Crippen molar-refractivity contribution < 1.29 is 9.90 Å². The number of nitrogens with zero attached hydrogens (tertiary/aromatic N) is 1. The second kappa shape index (κ2) is 5.58. The van der Waals surface area contributed by atoms with Crippen molar-refractivity contribution in [2.75, 3.05) is 10.6 Å². The van der Waals surface area contributed by atoms with E-state index in [0.29, 0.717) is 10.7 Å². The Morgan fingerprint density at radius 3 is 2.79 bits per heavy atom. The van der Waals surface area contributed by atoms with Crippen LogP contribution in [0.1, 0.15) is 5.56 Å². The minimum absolute atomic E-state index is 0.0956. The first-order valence-electron chi connectivity index (χ1n) is 5.54. The monoisotopic (exact) mass is 277 g/mol. The van der Waals surface area contributed by atoms with Gasteiger partial charge >= 0.3 is 6.03 Å². The Bertz CT molecular complexity index is 617. The number of aromatic hydroxyl groups is 1. The van der Waals surface area contributed by atoms with Gasteiger partial charge in [0.25, 0.3) is 0 Å². The fourth-order valence-electron chi connectivity index (χ4n) is 1.43. The van der Waals surface area contributed by atoms with Crippen LogP contribution in [0.4, 0.5) is 16.3 Å². The Hall–Kier alpha value is -2.27. The molecule has 2 aromatic rings. The average Bonchev–Trinajstić information content (AvgIpc) is 2.37. The average molecular weight is 278 g/mol. The molecule has 0 atom stereocenters. The van der Waals surface area contributed by atoms with Gasteiger partial charge in [-0.1, -0.05) is 17.7 Å². The van der Waals surface area contributed by atoms with Crippen LogP contribution in [0.5, 0.6) is 5.75 Å². The second-order valence-electron chi connectivity index (χ2n) is 3.91. The zero-order valence-electron chi connectivity index (χ0n) is 10.1. The van der Waals surface area contributed by atoms with Crippen molar-refractivity contribution >= 4 is 29.1 Å². The second-order valence-corrected chi connectivity index (χ2v) is 4.32. The third kappa shape index (κ3) is 3.35. The summed E-state index contributed by atoms with van der Waals surface area (Å²) in [6, 6.07) is 7.68. The molecular formula is C13H12ClN3O2. The van der Waals surface area contributed by atoms with Crippen molar-refractivity contribution in [3.63, 3.8) is 0 Å². The molecule has 0 aliphatic rings. The lowest BCUT2D eigenvalue weighted by atomic mass is 10.2. The van der Waals surface area contributed by atoms with Crippen molar-refractivity contribution in [2.45, 2.75) is 6.92 Å². The summed E-state index contributed by atoms with van der Waals surface area (Å²) in [5, 5.41) is 15.1. The van der Waals surface area contributed by atoms with E-state index < -0.39 is 6.03 Å². The molecule has 98 valence electrons. The summed E-state index contributed by atoms with van der Waals surface area (Å²) < 4.78 is 0. The number of carbonyl (C=O) groups excluding carboxylic acids is 1. The van der Waals surface area contributed by atoms with Gasteiger partial charge in [0.2, 0.25) is 0 Å². The third-order valence-corrected chi connectivity index (χ3v) is 2.86. The van der Waals surface area contributed by atoms with Crippen LogP contribution in [0.15, 0.2) is 36.5 Å². The Labute approximate surface area is 115 Å². The van der Waals surface area contributed by atoms with Crippen LogP contribution in [-0.2, 0) is 0 Å². The number of hydrogen-bond acceptors (Lipinski definition) is 3. The van der Waals surface area contributed by atoms with E-state index in [-0.39, 0.29) is 11.6 Å². The number of aromatic nitrogens is 1. The number of carbonyl (C=O) groups is 1. The van der Waals surface area contributed by atoms with E-state index in [2.05, 4.69) is 15.6 Å². The lowest BCUT2D eigenvalue weighted by Crippen LogP contribution is -2.20. The third-order valence-electron chi connectivity index (χ3n) is 2.45. The van der Waals surface area contributed by atoms with Gasteiger partial charge < -0.3 is 10.4 Å². The van der Waals surface area contributed by atoms with Gasteiger partial charge in [0.15, 0.2) is 11.6 Å². The van der Waals surface area contributed by atoms with E-state index in [1.807, 2.05) is 6.92 Å². The molecule has 0 radical (unpaired) electrons. The number of urea groups is 1. The summed E-state index contributed by atoms with van der Waals surface area (Å²) in [7, 11) is 0.